The van der Waals surface area contributed by atoms with Gasteiger partial charge in [0.1, 0.15) is 5.56 Å². The van der Waals surface area contributed by atoms with Gasteiger partial charge < -0.3 is 15.2 Å². The SMILES string of the molecule is CNC(=O)CCOc1c(C(=O)O)cnn1-c1ccccc1. The molecule has 0 saturated heterocycles. The highest BCUT2D eigenvalue weighted by Crippen LogP contribution is 2.22. The van der Waals surface area contributed by atoms with Crippen LogP contribution in [0.2, 0.25) is 0 Å². The number of rotatable bonds is 6. The van der Waals surface area contributed by atoms with Crippen molar-refractivity contribution in [1.82, 2.24) is 15.1 Å². The normalized spacial score (nSPS) is 10.1. The first-order chi connectivity index (χ1) is 10.1. The van der Waals surface area contributed by atoms with Crippen molar-refractivity contribution in [1.29, 1.82) is 0 Å². The van der Waals surface area contributed by atoms with E-state index in [1.807, 2.05) is 18.2 Å². The molecule has 7 heteroatoms. The lowest BCUT2D eigenvalue weighted by molar-refractivity contribution is -0.121. The summed E-state index contributed by atoms with van der Waals surface area (Å²) in [6.07, 6.45) is 1.36. The van der Waals surface area contributed by atoms with Gasteiger partial charge in [0.25, 0.3) is 0 Å². The molecule has 0 aliphatic heterocycles. The van der Waals surface area contributed by atoms with Gasteiger partial charge in [-0.2, -0.15) is 5.10 Å². The predicted molar refractivity (Wildman–Crippen MR) is 74.7 cm³/mol. The molecule has 0 saturated carbocycles. The molecule has 1 aromatic carbocycles. The number of carboxylic acids is 1. The van der Waals surface area contributed by atoms with Crippen LogP contribution >= 0.6 is 0 Å². The van der Waals surface area contributed by atoms with Crippen LogP contribution in [0.3, 0.4) is 0 Å². The van der Waals surface area contributed by atoms with Gasteiger partial charge in [-0.05, 0) is 12.1 Å². The number of carbonyl (C=O) groups excluding carboxylic acids is 1. The number of amides is 1. The van der Waals surface area contributed by atoms with E-state index in [9.17, 15) is 9.59 Å². The fraction of sp³-hybridized carbons (Fsp3) is 0.214. The summed E-state index contributed by atoms with van der Waals surface area (Å²) in [4.78, 5) is 22.4. The number of benzene rings is 1. The molecule has 110 valence electrons. The molecule has 0 atom stereocenters. The van der Waals surface area contributed by atoms with Crippen molar-refractivity contribution in [2.75, 3.05) is 13.7 Å². The molecule has 0 spiro atoms. The van der Waals surface area contributed by atoms with E-state index in [4.69, 9.17) is 9.84 Å². The van der Waals surface area contributed by atoms with Crippen molar-refractivity contribution < 1.29 is 19.4 Å². The monoisotopic (exact) mass is 289 g/mol. The number of nitrogens with zero attached hydrogens (tertiary/aromatic N) is 2. The Hall–Kier alpha value is -2.83. The number of aromatic carboxylic acids is 1. The third-order valence-electron chi connectivity index (χ3n) is 2.80. The number of aromatic nitrogens is 2. The van der Waals surface area contributed by atoms with E-state index < -0.39 is 5.97 Å². The highest BCUT2D eigenvalue weighted by Gasteiger charge is 2.19. The minimum atomic E-state index is -1.13. The van der Waals surface area contributed by atoms with Crippen LogP contribution in [0.4, 0.5) is 0 Å². The summed E-state index contributed by atoms with van der Waals surface area (Å²) in [7, 11) is 1.53. The molecule has 21 heavy (non-hydrogen) atoms. The maximum Gasteiger partial charge on any atom is 0.342 e. The zero-order valence-corrected chi connectivity index (χ0v) is 11.4. The number of carboxylic acid groups (broad SMARTS) is 1. The van der Waals surface area contributed by atoms with Gasteiger partial charge in [0.05, 0.1) is 24.9 Å². The van der Waals surface area contributed by atoms with Gasteiger partial charge >= 0.3 is 5.97 Å². The number of hydrogen-bond donors (Lipinski definition) is 2. The van der Waals surface area contributed by atoms with Crippen LogP contribution in [0.15, 0.2) is 36.5 Å². The van der Waals surface area contributed by atoms with Gasteiger partial charge in [-0.1, -0.05) is 18.2 Å². The minimum absolute atomic E-state index is 0.0456. The van der Waals surface area contributed by atoms with Crippen LogP contribution < -0.4 is 10.1 Å². The Morgan fingerprint density at radius 3 is 2.67 bits per heavy atom. The quantitative estimate of drug-likeness (QED) is 0.830. The highest BCUT2D eigenvalue weighted by molar-refractivity contribution is 5.90. The third kappa shape index (κ3) is 3.38. The summed E-state index contributed by atoms with van der Waals surface area (Å²) in [5.41, 5.74) is 0.635. The standard InChI is InChI=1S/C14H15N3O4/c1-15-12(18)7-8-21-13-11(14(19)20)9-16-17(13)10-5-3-2-4-6-10/h2-6,9H,7-8H2,1H3,(H,15,18)(H,19,20). The molecule has 2 rings (SSSR count). The van der Waals surface area contributed by atoms with Crippen molar-refractivity contribution in [2.24, 2.45) is 0 Å². The van der Waals surface area contributed by atoms with Crippen molar-refractivity contribution >= 4 is 11.9 Å². The van der Waals surface area contributed by atoms with Crippen LogP contribution in [-0.2, 0) is 4.79 Å². The Kier molecular flexibility index (Phi) is 4.55. The zero-order chi connectivity index (χ0) is 15.2. The molecule has 1 heterocycles. The van der Waals surface area contributed by atoms with E-state index in [1.54, 1.807) is 12.1 Å². The molecule has 2 aromatic rings. The smallest absolute Gasteiger partial charge is 0.342 e. The Morgan fingerprint density at radius 1 is 1.33 bits per heavy atom. The molecule has 1 amide bonds. The largest absolute Gasteiger partial charge is 0.477 e. The van der Waals surface area contributed by atoms with Crippen LogP contribution in [-0.4, -0.2) is 40.4 Å². The molecule has 0 unspecified atom stereocenters. The second-order valence-electron chi connectivity index (χ2n) is 4.19. The molecular weight excluding hydrogens is 274 g/mol. The summed E-state index contributed by atoms with van der Waals surface area (Å²) < 4.78 is 6.85. The lowest BCUT2D eigenvalue weighted by atomic mass is 10.3. The van der Waals surface area contributed by atoms with Gasteiger partial charge in [0.15, 0.2) is 0 Å². The Bertz CT molecular complexity index is 637. The molecule has 0 fully saturated rings. The van der Waals surface area contributed by atoms with E-state index >= 15 is 0 Å². The molecule has 2 N–H and O–H groups in total. The molecular formula is C14H15N3O4. The Labute approximate surface area is 121 Å². The number of para-hydroxylation sites is 1. The predicted octanol–water partition coefficient (Wildman–Crippen LogP) is 1.09. The molecule has 0 aliphatic rings. The summed E-state index contributed by atoms with van der Waals surface area (Å²) in [6.45, 7) is 0.0679. The average molecular weight is 289 g/mol. The number of carbonyl (C=O) groups is 2. The molecule has 7 nitrogen and oxygen atoms in total. The fourth-order valence-corrected chi connectivity index (χ4v) is 1.74. The van der Waals surface area contributed by atoms with Gasteiger partial charge in [0.2, 0.25) is 11.8 Å². The lowest BCUT2D eigenvalue weighted by Crippen LogP contribution is -2.20. The second-order valence-corrected chi connectivity index (χ2v) is 4.19. The molecule has 0 aliphatic carbocycles. The maximum absolute atomic E-state index is 11.2. The first kappa shape index (κ1) is 14.6. The van der Waals surface area contributed by atoms with Crippen molar-refractivity contribution in [3.05, 3.63) is 42.1 Å². The third-order valence-corrected chi connectivity index (χ3v) is 2.80. The summed E-state index contributed by atoms with van der Waals surface area (Å²) in [5.74, 6) is -1.21. The van der Waals surface area contributed by atoms with Crippen molar-refractivity contribution in [3.63, 3.8) is 0 Å². The first-order valence-electron chi connectivity index (χ1n) is 6.33. The Balaban J connectivity index is 2.26. The van der Waals surface area contributed by atoms with E-state index in [1.165, 1.54) is 17.9 Å². The van der Waals surface area contributed by atoms with Crippen molar-refractivity contribution in [2.45, 2.75) is 6.42 Å². The van der Waals surface area contributed by atoms with Gasteiger partial charge in [-0.25, -0.2) is 9.48 Å². The zero-order valence-electron chi connectivity index (χ0n) is 11.4. The van der Waals surface area contributed by atoms with E-state index in [0.29, 0.717) is 5.69 Å². The fourth-order valence-electron chi connectivity index (χ4n) is 1.74. The number of nitrogens with one attached hydrogen (secondary N) is 1. The van der Waals surface area contributed by atoms with Gasteiger partial charge in [-0.15, -0.1) is 0 Å². The Morgan fingerprint density at radius 2 is 2.05 bits per heavy atom. The van der Waals surface area contributed by atoms with Crippen LogP contribution in [0.1, 0.15) is 16.8 Å². The van der Waals surface area contributed by atoms with E-state index in [-0.39, 0.29) is 30.4 Å². The second kappa shape index (κ2) is 6.56. The van der Waals surface area contributed by atoms with E-state index in [2.05, 4.69) is 10.4 Å². The average Bonchev–Trinajstić information content (AvgIpc) is 2.92. The molecule has 0 bridgehead atoms. The summed E-state index contributed by atoms with van der Waals surface area (Å²) >= 11 is 0. The molecule has 0 radical (unpaired) electrons. The van der Waals surface area contributed by atoms with Crippen LogP contribution in [0.25, 0.3) is 5.69 Å². The van der Waals surface area contributed by atoms with Crippen molar-refractivity contribution in [3.8, 4) is 11.6 Å². The molecule has 1 aromatic heterocycles. The first-order valence-corrected chi connectivity index (χ1v) is 6.33. The highest BCUT2D eigenvalue weighted by atomic mass is 16.5. The number of hydrogen-bond acceptors (Lipinski definition) is 4. The van der Waals surface area contributed by atoms with Gasteiger partial charge in [0, 0.05) is 7.05 Å². The maximum atomic E-state index is 11.2. The van der Waals surface area contributed by atoms with E-state index in [0.717, 1.165) is 0 Å². The number of ether oxygens (including phenoxy) is 1. The minimum Gasteiger partial charge on any atom is -0.477 e. The summed E-state index contributed by atoms with van der Waals surface area (Å²) in [5, 5.41) is 15.7. The topological polar surface area (TPSA) is 93.4 Å². The van der Waals surface area contributed by atoms with Crippen LogP contribution in [0, 0.1) is 0 Å². The lowest BCUT2D eigenvalue weighted by Gasteiger charge is -2.10. The summed E-state index contributed by atoms with van der Waals surface area (Å²) in [6, 6.07) is 9.03. The van der Waals surface area contributed by atoms with Gasteiger partial charge in [-0.3, -0.25) is 4.79 Å². The van der Waals surface area contributed by atoms with Crippen LogP contribution in [0.5, 0.6) is 5.88 Å².